The lowest BCUT2D eigenvalue weighted by Crippen LogP contribution is -3.00. The maximum Gasteiger partial charge on any atom is 0.122 e. The highest BCUT2D eigenvalue weighted by Gasteiger charge is 2.22. The van der Waals surface area contributed by atoms with E-state index in [0.29, 0.717) is 0 Å². The predicted octanol–water partition coefficient (Wildman–Crippen LogP) is -1.17. The van der Waals surface area contributed by atoms with Gasteiger partial charge in [-0.15, -0.1) is 0 Å². The van der Waals surface area contributed by atoms with Crippen LogP contribution >= 0.6 is 0 Å². The van der Waals surface area contributed by atoms with Crippen LogP contribution < -0.4 is 28.4 Å². The molecule has 0 saturated carbocycles. The molecule has 174 valence electrons. The molecular formula is C23H45ClN6. The van der Waals surface area contributed by atoms with E-state index in [-0.39, 0.29) is 12.4 Å². The summed E-state index contributed by atoms with van der Waals surface area (Å²) in [6.07, 6.45) is 2.37. The lowest BCUT2D eigenvalue weighted by molar-refractivity contribution is -0.936. The minimum Gasteiger partial charge on any atom is -1.00 e. The molecule has 0 radical (unpaired) electrons. The Morgan fingerprint density at radius 1 is 0.800 bits per heavy atom. The van der Waals surface area contributed by atoms with Crippen LogP contribution in [-0.2, 0) is 13.1 Å². The van der Waals surface area contributed by atoms with Crippen LogP contribution in [0.15, 0.2) is 18.2 Å². The first-order valence-corrected chi connectivity index (χ1v) is 11.9. The van der Waals surface area contributed by atoms with Crippen molar-refractivity contribution in [3.63, 3.8) is 0 Å². The molecule has 7 heteroatoms. The summed E-state index contributed by atoms with van der Waals surface area (Å²) in [7, 11) is 0. The van der Waals surface area contributed by atoms with Crippen molar-refractivity contribution >= 4 is 0 Å². The third kappa shape index (κ3) is 10.0. The Balaban J connectivity index is 0.00000450. The molecule has 1 aromatic heterocycles. The first-order valence-electron chi connectivity index (χ1n) is 11.9. The van der Waals surface area contributed by atoms with Crippen LogP contribution in [0, 0.1) is 0 Å². The van der Waals surface area contributed by atoms with Crippen molar-refractivity contribution in [2.75, 3.05) is 72.0 Å². The van der Waals surface area contributed by atoms with Gasteiger partial charge in [-0.05, 0) is 71.9 Å². The molecule has 0 atom stereocenters. The second kappa shape index (κ2) is 16.0. The molecule has 0 spiro atoms. The molecule has 6 nitrogen and oxygen atoms in total. The van der Waals surface area contributed by atoms with E-state index < -0.39 is 0 Å². The summed E-state index contributed by atoms with van der Waals surface area (Å²) in [5, 5.41) is 10.6. The van der Waals surface area contributed by atoms with E-state index in [4.69, 9.17) is 4.98 Å². The van der Waals surface area contributed by atoms with E-state index in [1.54, 1.807) is 0 Å². The molecule has 3 N–H and O–H groups in total. The number of quaternary nitrogens is 1. The summed E-state index contributed by atoms with van der Waals surface area (Å²) in [6.45, 7) is 21.0. The molecule has 2 heterocycles. The van der Waals surface area contributed by atoms with Gasteiger partial charge in [0.15, 0.2) is 0 Å². The van der Waals surface area contributed by atoms with E-state index in [1.165, 1.54) is 43.9 Å². The summed E-state index contributed by atoms with van der Waals surface area (Å²) in [6, 6.07) is 6.61. The number of hydrogen-bond acceptors (Lipinski definition) is 5. The average Bonchev–Trinajstić information content (AvgIpc) is 2.75. The minimum atomic E-state index is 0. The van der Waals surface area contributed by atoms with E-state index in [2.05, 4.69) is 59.8 Å². The number of nitrogens with zero attached hydrogens (tertiary/aromatic N) is 3. The summed E-state index contributed by atoms with van der Waals surface area (Å²) in [5.74, 6) is 0. The molecular weight excluding hydrogens is 396 g/mol. The highest BCUT2D eigenvalue weighted by Crippen LogP contribution is 2.14. The van der Waals surface area contributed by atoms with Gasteiger partial charge in [0.1, 0.15) is 6.54 Å². The SMILES string of the molecule is CC[N+](CC)(CC)Cc1cccc(CN2CCCNCCNCCCNCC2)n1.[Cl-]. The van der Waals surface area contributed by atoms with Crippen LogP contribution in [0.3, 0.4) is 0 Å². The van der Waals surface area contributed by atoms with Crippen molar-refractivity contribution in [3.8, 4) is 0 Å². The lowest BCUT2D eigenvalue weighted by Gasteiger charge is -2.35. The normalized spacial score (nSPS) is 18.4. The number of halogens is 1. The van der Waals surface area contributed by atoms with Crippen LogP contribution in [0.1, 0.15) is 45.0 Å². The molecule has 0 amide bonds. The number of rotatable bonds is 7. The quantitative estimate of drug-likeness (QED) is 0.466. The summed E-state index contributed by atoms with van der Waals surface area (Å²) < 4.78 is 1.12. The van der Waals surface area contributed by atoms with E-state index in [0.717, 1.165) is 69.9 Å². The molecule has 30 heavy (non-hydrogen) atoms. The van der Waals surface area contributed by atoms with Crippen LogP contribution in [0.2, 0.25) is 0 Å². The molecule has 1 saturated heterocycles. The Morgan fingerprint density at radius 2 is 1.40 bits per heavy atom. The first kappa shape index (κ1) is 27.3. The van der Waals surface area contributed by atoms with Gasteiger partial charge in [-0.25, -0.2) is 0 Å². The molecule has 1 aliphatic rings. The smallest absolute Gasteiger partial charge is 0.122 e. The minimum absolute atomic E-state index is 0. The van der Waals surface area contributed by atoms with Crippen molar-refractivity contribution < 1.29 is 16.9 Å². The van der Waals surface area contributed by atoms with Crippen molar-refractivity contribution in [2.24, 2.45) is 0 Å². The maximum atomic E-state index is 5.05. The van der Waals surface area contributed by atoms with Gasteiger partial charge in [-0.3, -0.25) is 9.88 Å². The molecule has 0 aromatic carbocycles. The zero-order valence-corrected chi connectivity index (χ0v) is 20.3. The topological polar surface area (TPSA) is 52.2 Å². The third-order valence-electron chi connectivity index (χ3n) is 6.38. The van der Waals surface area contributed by atoms with Gasteiger partial charge in [-0.1, -0.05) is 6.07 Å². The fraction of sp³-hybridized carbons (Fsp3) is 0.783. The van der Waals surface area contributed by atoms with Crippen LogP contribution in [0.25, 0.3) is 0 Å². The number of aromatic nitrogens is 1. The van der Waals surface area contributed by atoms with Gasteiger partial charge in [-0.2, -0.15) is 0 Å². The maximum absolute atomic E-state index is 5.05. The molecule has 0 bridgehead atoms. The summed E-state index contributed by atoms with van der Waals surface area (Å²) in [4.78, 5) is 7.61. The Bertz CT molecular complexity index is 530. The van der Waals surface area contributed by atoms with Gasteiger partial charge in [0.05, 0.1) is 31.0 Å². The molecule has 1 aliphatic heterocycles. The number of nitrogens with one attached hydrogen (secondary N) is 3. The second-order valence-electron chi connectivity index (χ2n) is 8.30. The summed E-state index contributed by atoms with van der Waals surface area (Å²) >= 11 is 0. The predicted molar refractivity (Wildman–Crippen MR) is 123 cm³/mol. The Kier molecular flexibility index (Phi) is 14.5. The molecule has 1 aromatic rings. The van der Waals surface area contributed by atoms with E-state index in [1.807, 2.05) is 0 Å². The number of pyridine rings is 1. The second-order valence-corrected chi connectivity index (χ2v) is 8.30. The molecule has 0 aliphatic carbocycles. The van der Waals surface area contributed by atoms with Gasteiger partial charge in [0, 0.05) is 32.7 Å². The summed E-state index contributed by atoms with van der Waals surface area (Å²) in [5.41, 5.74) is 2.45. The fourth-order valence-corrected chi connectivity index (χ4v) is 4.11. The van der Waals surface area contributed by atoms with E-state index >= 15 is 0 Å². The third-order valence-corrected chi connectivity index (χ3v) is 6.38. The van der Waals surface area contributed by atoms with Gasteiger partial charge >= 0.3 is 0 Å². The zero-order valence-electron chi connectivity index (χ0n) is 19.6. The van der Waals surface area contributed by atoms with Crippen molar-refractivity contribution in [1.82, 2.24) is 25.8 Å². The highest BCUT2D eigenvalue weighted by atomic mass is 35.5. The van der Waals surface area contributed by atoms with Gasteiger partial charge in [0.25, 0.3) is 0 Å². The monoisotopic (exact) mass is 440 g/mol. The number of hydrogen-bond donors (Lipinski definition) is 3. The fourth-order valence-electron chi connectivity index (χ4n) is 4.11. The van der Waals surface area contributed by atoms with Crippen LogP contribution in [0.4, 0.5) is 0 Å². The first-order chi connectivity index (χ1) is 14.2. The van der Waals surface area contributed by atoms with Gasteiger partial charge < -0.3 is 32.8 Å². The largest absolute Gasteiger partial charge is 1.00 e. The molecule has 1 fully saturated rings. The van der Waals surface area contributed by atoms with Crippen molar-refractivity contribution in [2.45, 2.75) is 46.7 Å². The lowest BCUT2D eigenvalue weighted by atomic mass is 10.2. The molecule has 0 unspecified atom stereocenters. The van der Waals surface area contributed by atoms with Gasteiger partial charge in [0.2, 0.25) is 0 Å². The highest BCUT2D eigenvalue weighted by molar-refractivity contribution is 5.10. The van der Waals surface area contributed by atoms with Crippen molar-refractivity contribution in [3.05, 3.63) is 29.6 Å². The Hall–Kier alpha value is -0.760. The van der Waals surface area contributed by atoms with Crippen LogP contribution in [0.5, 0.6) is 0 Å². The standard InChI is InChI=1S/C23H45N6.ClH/c1-4-29(5-2,6-3)21-23-11-7-10-22(27-23)20-28-18-9-14-25-16-15-24-12-8-13-26-17-19-28;/h7,10-11,24-26H,4-6,8-9,12-21H2,1-3H3;1H/q+1;/p-1. The Morgan fingerprint density at radius 3 is 2.07 bits per heavy atom. The molecule has 2 rings (SSSR count). The van der Waals surface area contributed by atoms with Crippen LogP contribution in [-0.4, -0.2) is 86.4 Å². The zero-order chi connectivity index (χ0) is 20.8. The van der Waals surface area contributed by atoms with E-state index in [9.17, 15) is 0 Å². The average molecular weight is 441 g/mol. The Labute approximate surface area is 191 Å². The van der Waals surface area contributed by atoms with Crippen molar-refractivity contribution in [1.29, 1.82) is 0 Å².